The van der Waals surface area contributed by atoms with Crippen LogP contribution >= 0.6 is 0 Å². The standard InChI is InChI=1S/C13H20N2O/c1-13(9-14)6-7-15(10-13)8-11-2-4-12(16)5-3-11/h2-5,16H,6-10,14H2,1H3. The Morgan fingerprint density at radius 1 is 1.38 bits per heavy atom. The molecule has 0 aromatic heterocycles. The highest BCUT2D eigenvalue weighted by Crippen LogP contribution is 2.29. The zero-order valence-corrected chi connectivity index (χ0v) is 9.82. The van der Waals surface area contributed by atoms with Gasteiger partial charge in [0, 0.05) is 13.1 Å². The molecule has 1 atom stereocenters. The van der Waals surface area contributed by atoms with Crippen LogP contribution < -0.4 is 5.73 Å². The number of rotatable bonds is 3. The van der Waals surface area contributed by atoms with Gasteiger partial charge in [-0.15, -0.1) is 0 Å². The lowest BCUT2D eigenvalue weighted by atomic mass is 9.90. The van der Waals surface area contributed by atoms with Crippen LogP contribution in [0.1, 0.15) is 18.9 Å². The molecule has 1 aliphatic rings. The highest BCUT2D eigenvalue weighted by atomic mass is 16.3. The van der Waals surface area contributed by atoms with Crippen molar-refractivity contribution in [3.63, 3.8) is 0 Å². The van der Waals surface area contributed by atoms with Crippen molar-refractivity contribution >= 4 is 0 Å². The van der Waals surface area contributed by atoms with Crippen LogP contribution in [0.3, 0.4) is 0 Å². The largest absolute Gasteiger partial charge is 0.508 e. The average Bonchev–Trinajstić information content (AvgIpc) is 2.65. The molecule has 16 heavy (non-hydrogen) atoms. The number of hydrogen-bond acceptors (Lipinski definition) is 3. The third-order valence-corrected chi connectivity index (χ3v) is 3.47. The summed E-state index contributed by atoms with van der Waals surface area (Å²) in [5, 5.41) is 9.21. The number of aromatic hydroxyl groups is 1. The molecule has 2 rings (SSSR count). The van der Waals surface area contributed by atoms with E-state index in [1.165, 1.54) is 12.0 Å². The van der Waals surface area contributed by atoms with Crippen LogP contribution in [0.5, 0.6) is 5.75 Å². The van der Waals surface area contributed by atoms with E-state index in [1.54, 1.807) is 12.1 Å². The van der Waals surface area contributed by atoms with Crippen molar-refractivity contribution in [3.05, 3.63) is 29.8 Å². The van der Waals surface area contributed by atoms with Gasteiger partial charge in [-0.1, -0.05) is 19.1 Å². The predicted octanol–water partition coefficient (Wildman–Crippen LogP) is 1.56. The Kier molecular flexibility index (Phi) is 3.17. The van der Waals surface area contributed by atoms with Gasteiger partial charge >= 0.3 is 0 Å². The van der Waals surface area contributed by atoms with Gasteiger partial charge in [0.1, 0.15) is 5.75 Å². The van der Waals surface area contributed by atoms with Crippen LogP contribution in [0.4, 0.5) is 0 Å². The maximum Gasteiger partial charge on any atom is 0.115 e. The first-order valence-electron chi connectivity index (χ1n) is 5.82. The summed E-state index contributed by atoms with van der Waals surface area (Å²) in [5.41, 5.74) is 7.32. The molecule has 1 saturated heterocycles. The first-order chi connectivity index (χ1) is 7.61. The summed E-state index contributed by atoms with van der Waals surface area (Å²) in [5.74, 6) is 0.331. The second kappa shape index (κ2) is 4.44. The van der Waals surface area contributed by atoms with E-state index in [-0.39, 0.29) is 5.41 Å². The zero-order valence-electron chi connectivity index (χ0n) is 9.82. The van der Waals surface area contributed by atoms with E-state index < -0.39 is 0 Å². The molecule has 0 bridgehead atoms. The summed E-state index contributed by atoms with van der Waals surface area (Å²) in [7, 11) is 0. The molecule has 0 saturated carbocycles. The van der Waals surface area contributed by atoms with Crippen LogP contribution in [0.2, 0.25) is 0 Å². The molecule has 3 heteroatoms. The number of phenolic OH excluding ortho intramolecular Hbond substituents is 1. The number of hydrogen-bond donors (Lipinski definition) is 2. The van der Waals surface area contributed by atoms with Crippen molar-refractivity contribution in [2.24, 2.45) is 11.1 Å². The van der Waals surface area contributed by atoms with Crippen LogP contribution in [-0.2, 0) is 6.54 Å². The van der Waals surface area contributed by atoms with Crippen molar-refractivity contribution in [3.8, 4) is 5.75 Å². The first-order valence-corrected chi connectivity index (χ1v) is 5.82. The minimum absolute atomic E-state index is 0.289. The minimum atomic E-state index is 0.289. The third-order valence-electron chi connectivity index (χ3n) is 3.47. The molecule has 1 unspecified atom stereocenters. The maximum absolute atomic E-state index is 9.21. The Labute approximate surface area is 96.9 Å². The fourth-order valence-corrected chi connectivity index (χ4v) is 2.29. The second-order valence-electron chi connectivity index (χ2n) is 5.14. The number of phenols is 1. The number of benzene rings is 1. The molecule has 1 aliphatic heterocycles. The molecule has 1 fully saturated rings. The molecular formula is C13H20N2O. The molecule has 1 heterocycles. The summed E-state index contributed by atoms with van der Waals surface area (Å²) < 4.78 is 0. The minimum Gasteiger partial charge on any atom is -0.508 e. The van der Waals surface area contributed by atoms with Crippen molar-refractivity contribution in [1.82, 2.24) is 4.90 Å². The summed E-state index contributed by atoms with van der Waals surface area (Å²) in [6, 6.07) is 7.45. The summed E-state index contributed by atoms with van der Waals surface area (Å²) in [6.45, 7) is 6.16. The monoisotopic (exact) mass is 220 g/mol. The Bertz CT molecular complexity index is 349. The van der Waals surface area contributed by atoms with E-state index in [0.29, 0.717) is 5.75 Å². The van der Waals surface area contributed by atoms with Gasteiger partial charge < -0.3 is 10.8 Å². The normalized spacial score (nSPS) is 26.1. The fourth-order valence-electron chi connectivity index (χ4n) is 2.29. The van der Waals surface area contributed by atoms with Crippen LogP contribution in [-0.4, -0.2) is 29.6 Å². The van der Waals surface area contributed by atoms with Crippen molar-refractivity contribution < 1.29 is 5.11 Å². The highest BCUT2D eigenvalue weighted by molar-refractivity contribution is 5.25. The maximum atomic E-state index is 9.21. The highest BCUT2D eigenvalue weighted by Gasteiger charge is 2.32. The van der Waals surface area contributed by atoms with Gasteiger partial charge in [-0.05, 0) is 42.6 Å². The van der Waals surface area contributed by atoms with Gasteiger partial charge in [-0.2, -0.15) is 0 Å². The lowest BCUT2D eigenvalue weighted by Gasteiger charge is -2.22. The number of nitrogens with two attached hydrogens (primary N) is 1. The van der Waals surface area contributed by atoms with Crippen molar-refractivity contribution in [1.29, 1.82) is 0 Å². The molecule has 1 aromatic carbocycles. The summed E-state index contributed by atoms with van der Waals surface area (Å²) in [4.78, 5) is 2.43. The number of likely N-dealkylation sites (tertiary alicyclic amines) is 1. The Balaban J connectivity index is 1.94. The van der Waals surface area contributed by atoms with E-state index >= 15 is 0 Å². The van der Waals surface area contributed by atoms with E-state index in [2.05, 4.69) is 11.8 Å². The summed E-state index contributed by atoms with van der Waals surface area (Å²) >= 11 is 0. The van der Waals surface area contributed by atoms with Gasteiger partial charge in [-0.3, -0.25) is 4.90 Å². The quantitative estimate of drug-likeness (QED) is 0.813. The molecule has 88 valence electrons. The SMILES string of the molecule is CC1(CN)CCN(Cc2ccc(O)cc2)C1. The van der Waals surface area contributed by atoms with Gasteiger partial charge in [0.25, 0.3) is 0 Å². The molecule has 3 nitrogen and oxygen atoms in total. The van der Waals surface area contributed by atoms with Crippen LogP contribution in [0.25, 0.3) is 0 Å². The van der Waals surface area contributed by atoms with Crippen LogP contribution in [0, 0.1) is 5.41 Å². The molecule has 0 aliphatic carbocycles. The molecule has 0 radical (unpaired) electrons. The van der Waals surface area contributed by atoms with Gasteiger partial charge in [0.05, 0.1) is 0 Å². The predicted molar refractivity (Wildman–Crippen MR) is 65.2 cm³/mol. The molecule has 0 spiro atoms. The van der Waals surface area contributed by atoms with Gasteiger partial charge in [0.2, 0.25) is 0 Å². The summed E-state index contributed by atoms with van der Waals surface area (Å²) in [6.07, 6.45) is 1.18. The lowest BCUT2D eigenvalue weighted by Crippen LogP contribution is -2.31. The zero-order chi connectivity index (χ0) is 11.6. The van der Waals surface area contributed by atoms with E-state index in [0.717, 1.165) is 26.2 Å². The number of nitrogens with zero attached hydrogens (tertiary/aromatic N) is 1. The smallest absolute Gasteiger partial charge is 0.115 e. The Morgan fingerprint density at radius 2 is 2.06 bits per heavy atom. The van der Waals surface area contributed by atoms with E-state index in [1.807, 2.05) is 12.1 Å². The molecule has 0 amide bonds. The fraction of sp³-hybridized carbons (Fsp3) is 0.538. The van der Waals surface area contributed by atoms with Crippen molar-refractivity contribution in [2.45, 2.75) is 19.9 Å². The topological polar surface area (TPSA) is 49.5 Å². The Hall–Kier alpha value is -1.06. The first kappa shape index (κ1) is 11.4. The molecule has 3 N–H and O–H groups in total. The van der Waals surface area contributed by atoms with Gasteiger partial charge in [0.15, 0.2) is 0 Å². The molecule has 1 aromatic rings. The van der Waals surface area contributed by atoms with E-state index in [9.17, 15) is 5.11 Å². The lowest BCUT2D eigenvalue weighted by molar-refractivity contribution is 0.274. The third kappa shape index (κ3) is 2.54. The second-order valence-corrected chi connectivity index (χ2v) is 5.14. The molecular weight excluding hydrogens is 200 g/mol. The van der Waals surface area contributed by atoms with Crippen LogP contribution in [0.15, 0.2) is 24.3 Å². The average molecular weight is 220 g/mol. The van der Waals surface area contributed by atoms with Crippen molar-refractivity contribution in [2.75, 3.05) is 19.6 Å². The Morgan fingerprint density at radius 3 is 2.62 bits per heavy atom. The van der Waals surface area contributed by atoms with Gasteiger partial charge in [-0.25, -0.2) is 0 Å². The van der Waals surface area contributed by atoms with E-state index in [4.69, 9.17) is 5.73 Å².